The van der Waals surface area contributed by atoms with E-state index in [1.54, 1.807) is 6.07 Å². The maximum absolute atomic E-state index is 11.5. The standard InChI is InChI=1S/C13H16N4O3/c1-3-4-12(18)14-8(2)13-15-10-6-5-9(17(19)20)7-11(10)16-13/h5-8H,3-4H2,1-2H3,(H,14,18)(H,15,16). The number of aromatic amines is 1. The van der Waals surface area contributed by atoms with Crippen LogP contribution in [0.1, 0.15) is 38.6 Å². The van der Waals surface area contributed by atoms with Crippen LogP contribution in [0, 0.1) is 10.1 Å². The molecule has 106 valence electrons. The summed E-state index contributed by atoms with van der Waals surface area (Å²) in [6.45, 7) is 3.75. The molecule has 0 spiro atoms. The number of carbonyl (C=O) groups excluding carboxylic acids is 1. The molecule has 20 heavy (non-hydrogen) atoms. The molecule has 0 fully saturated rings. The summed E-state index contributed by atoms with van der Waals surface area (Å²) in [5.41, 5.74) is 1.24. The average Bonchev–Trinajstić information content (AvgIpc) is 2.81. The fourth-order valence-corrected chi connectivity index (χ4v) is 1.95. The molecule has 7 heteroatoms. The highest BCUT2D eigenvalue weighted by atomic mass is 16.6. The summed E-state index contributed by atoms with van der Waals surface area (Å²) in [6, 6.07) is 4.17. The first-order chi connectivity index (χ1) is 9.51. The summed E-state index contributed by atoms with van der Waals surface area (Å²) in [7, 11) is 0. The summed E-state index contributed by atoms with van der Waals surface area (Å²) in [5.74, 6) is 0.552. The van der Waals surface area contributed by atoms with Gasteiger partial charge in [0.25, 0.3) is 5.69 Å². The third-order valence-corrected chi connectivity index (χ3v) is 2.96. The van der Waals surface area contributed by atoms with Gasteiger partial charge < -0.3 is 10.3 Å². The fraction of sp³-hybridized carbons (Fsp3) is 0.385. The molecule has 0 radical (unpaired) electrons. The molecule has 0 saturated carbocycles. The van der Waals surface area contributed by atoms with E-state index >= 15 is 0 Å². The first kappa shape index (κ1) is 14.0. The average molecular weight is 276 g/mol. The lowest BCUT2D eigenvalue weighted by atomic mass is 10.2. The summed E-state index contributed by atoms with van der Waals surface area (Å²) < 4.78 is 0. The van der Waals surface area contributed by atoms with E-state index in [1.807, 2.05) is 13.8 Å². The molecule has 0 bridgehead atoms. The number of hydrogen-bond acceptors (Lipinski definition) is 4. The lowest BCUT2D eigenvalue weighted by Gasteiger charge is -2.10. The number of rotatable bonds is 5. The molecular weight excluding hydrogens is 260 g/mol. The number of benzene rings is 1. The van der Waals surface area contributed by atoms with Crippen LogP contribution >= 0.6 is 0 Å². The summed E-state index contributed by atoms with van der Waals surface area (Å²) >= 11 is 0. The number of imidazole rings is 1. The monoisotopic (exact) mass is 276 g/mol. The highest BCUT2D eigenvalue weighted by Crippen LogP contribution is 2.21. The second-order valence-electron chi connectivity index (χ2n) is 4.62. The molecule has 2 rings (SSSR count). The van der Waals surface area contributed by atoms with Gasteiger partial charge in [-0.1, -0.05) is 6.92 Å². The van der Waals surface area contributed by atoms with Crippen LogP contribution < -0.4 is 5.32 Å². The Morgan fingerprint density at radius 1 is 1.55 bits per heavy atom. The number of nitrogens with zero attached hydrogens (tertiary/aromatic N) is 2. The minimum absolute atomic E-state index is 0.00960. The van der Waals surface area contributed by atoms with Gasteiger partial charge in [0.2, 0.25) is 5.91 Å². The van der Waals surface area contributed by atoms with Crippen LogP contribution in [-0.4, -0.2) is 20.8 Å². The van der Waals surface area contributed by atoms with Gasteiger partial charge in [-0.15, -0.1) is 0 Å². The minimum Gasteiger partial charge on any atom is -0.346 e. The Morgan fingerprint density at radius 2 is 2.30 bits per heavy atom. The number of nitro benzene ring substituents is 1. The van der Waals surface area contributed by atoms with Crippen molar-refractivity contribution in [2.24, 2.45) is 0 Å². The van der Waals surface area contributed by atoms with Crippen molar-refractivity contribution >= 4 is 22.6 Å². The van der Waals surface area contributed by atoms with Crippen LogP contribution in [0.15, 0.2) is 18.2 Å². The molecule has 1 heterocycles. The van der Waals surface area contributed by atoms with Crippen LogP contribution in [0.5, 0.6) is 0 Å². The van der Waals surface area contributed by atoms with Gasteiger partial charge >= 0.3 is 0 Å². The molecule has 0 saturated heterocycles. The van der Waals surface area contributed by atoms with Crippen LogP contribution in [0.25, 0.3) is 11.0 Å². The highest BCUT2D eigenvalue weighted by Gasteiger charge is 2.15. The third kappa shape index (κ3) is 2.93. The normalized spacial score (nSPS) is 12.3. The van der Waals surface area contributed by atoms with Crippen molar-refractivity contribution in [2.45, 2.75) is 32.7 Å². The number of non-ortho nitro benzene ring substituents is 1. The van der Waals surface area contributed by atoms with Gasteiger partial charge in [-0.3, -0.25) is 14.9 Å². The van der Waals surface area contributed by atoms with Crippen molar-refractivity contribution in [1.82, 2.24) is 15.3 Å². The Hall–Kier alpha value is -2.44. The zero-order chi connectivity index (χ0) is 14.7. The minimum atomic E-state index is -0.452. The molecule has 0 aliphatic carbocycles. The number of hydrogen-bond donors (Lipinski definition) is 2. The van der Waals surface area contributed by atoms with Crippen LogP contribution in [0.2, 0.25) is 0 Å². The van der Waals surface area contributed by atoms with Crippen molar-refractivity contribution in [3.8, 4) is 0 Å². The topological polar surface area (TPSA) is 101 Å². The van der Waals surface area contributed by atoms with Crippen molar-refractivity contribution in [1.29, 1.82) is 0 Å². The van der Waals surface area contributed by atoms with E-state index in [4.69, 9.17) is 0 Å². The Labute approximate surface area is 115 Å². The highest BCUT2D eigenvalue weighted by molar-refractivity contribution is 5.79. The van der Waals surface area contributed by atoms with Gasteiger partial charge in [0, 0.05) is 18.6 Å². The molecule has 1 amide bonds. The van der Waals surface area contributed by atoms with Gasteiger partial charge in [-0.05, 0) is 19.4 Å². The third-order valence-electron chi connectivity index (χ3n) is 2.96. The summed E-state index contributed by atoms with van der Waals surface area (Å²) in [5, 5.41) is 13.5. The van der Waals surface area contributed by atoms with Crippen molar-refractivity contribution in [3.05, 3.63) is 34.1 Å². The van der Waals surface area contributed by atoms with Crippen molar-refractivity contribution < 1.29 is 9.72 Å². The van der Waals surface area contributed by atoms with E-state index in [0.29, 0.717) is 23.3 Å². The summed E-state index contributed by atoms with van der Waals surface area (Å²) in [4.78, 5) is 29.1. The quantitative estimate of drug-likeness (QED) is 0.647. The second-order valence-corrected chi connectivity index (χ2v) is 4.62. The van der Waals surface area contributed by atoms with E-state index in [9.17, 15) is 14.9 Å². The van der Waals surface area contributed by atoms with Crippen molar-refractivity contribution in [3.63, 3.8) is 0 Å². The number of aromatic nitrogens is 2. The number of nitrogens with one attached hydrogen (secondary N) is 2. The molecular formula is C13H16N4O3. The van der Waals surface area contributed by atoms with Crippen molar-refractivity contribution in [2.75, 3.05) is 0 Å². The molecule has 7 nitrogen and oxygen atoms in total. The Morgan fingerprint density at radius 3 is 2.95 bits per heavy atom. The van der Waals surface area contributed by atoms with Gasteiger partial charge in [0.15, 0.2) is 0 Å². The molecule has 0 aliphatic heterocycles. The number of fused-ring (bicyclic) bond motifs is 1. The number of H-pyrrole nitrogens is 1. The Bertz CT molecular complexity index is 650. The van der Waals surface area contributed by atoms with Crippen LogP contribution in [0.4, 0.5) is 5.69 Å². The van der Waals surface area contributed by atoms with E-state index in [0.717, 1.165) is 6.42 Å². The van der Waals surface area contributed by atoms with E-state index in [2.05, 4.69) is 15.3 Å². The Kier molecular flexibility index (Phi) is 3.97. The lowest BCUT2D eigenvalue weighted by molar-refractivity contribution is -0.384. The predicted octanol–water partition coefficient (Wildman–Crippen LogP) is 2.45. The van der Waals surface area contributed by atoms with E-state index in [1.165, 1.54) is 12.1 Å². The second kappa shape index (κ2) is 5.68. The first-order valence-electron chi connectivity index (χ1n) is 6.44. The van der Waals surface area contributed by atoms with Crippen LogP contribution in [0.3, 0.4) is 0 Å². The maximum Gasteiger partial charge on any atom is 0.271 e. The first-order valence-corrected chi connectivity index (χ1v) is 6.44. The Balaban J connectivity index is 2.22. The van der Waals surface area contributed by atoms with Crippen LogP contribution in [-0.2, 0) is 4.79 Å². The predicted molar refractivity (Wildman–Crippen MR) is 74.2 cm³/mol. The zero-order valence-electron chi connectivity index (χ0n) is 11.3. The zero-order valence-corrected chi connectivity index (χ0v) is 11.3. The van der Waals surface area contributed by atoms with Gasteiger partial charge in [-0.25, -0.2) is 4.98 Å². The lowest BCUT2D eigenvalue weighted by Crippen LogP contribution is -2.26. The molecule has 0 aliphatic rings. The molecule has 1 aromatic heterocycles. The SMILES string of the molecule is CCCC(=O)NC(C)c1nc2ccc([N+](=O)[O-])cc2[nH]1. The summed E-state index contributed by atoms with van der Waals surface area (Å²) in [6.07, 6.45) is 1.25. The van der Waals surface area contributed by atoms with Gasteiger partial charge in [0.1, 0.15) is 5.82 Å². The number of carbonyl (C=O) groups is 1. The molecule has 1 atom stereocenters. The smallest absolute Gasteiger partial charge is 0.271 e. The molecule has 1 aromatic carbocycles. The van der Waals surface area contributed by atoms with E-state index in [-0.39, 0.29) is 17.6 Å². The van der Waals surface area contributed by atoms with E-state index < -0.39 is 4.92 Å². The van der Waals surface area contributed by atoms with Gasteiger partial charge in [-0.2, -0.15) is 0 Å². The number of nitro groups is 1. The van der Waals surface area contributed by atoms with Gasteiger partial charge in [0.05, 0.1) is 22.0 Å². The maximum atomic E-state index is 11.5. The molecule has 1 unspecified atom stereocenters. The fourth-order valence-electron chi connectivity index (χ4n) is 1.95. The largest absolute Gasteiger partial charge is 0.346 e. The molecule has 2 N–H and O–H groups in total. The number of amides is 1. The molecule has 2 aromatic rings.